The van der Waals surface area contributed by atoms with E-state index in [0.717, 1.165) is 0 Å². The van der Waals surface area contributed by atoms with E-state index in [-0.39, 0.29) is 22.9 Å². The highest BCUT2D eigenvalue weighted by Crippen LogP contribution is 2.37. The molecule has 0 radical (unpaired) electrons. The van der Waals surface area contributed by atoms with Crippen LogP contribution in [0.1, 0.15) is 17.3 Å². The molecule has 98 valence electrons. The summed E-state index contributed by atoms with van der Waals surface area (Å²) in [6.07, 6.45) is 0. The van der Waals surface area contributed by atoms with Gasteiger partial charge in [-0.25, -0.2) is 4.79 Å². The van der Waals surface area contributed by atoms with Crippen LogP contribution in [-0.4, -0.2) is 32.6 Å². The van der Waals surface area contributed by atoms with E-state index in [1.54, 1.807) is 6.92 Å². The average Bonchev–Trinajstić information content (AvgIpc) is 2.37. The van der Waals surface area contributed by atoms with Crippen LogP contribution in [0.5, 0.6) is 11.5 Å². The molecule has 0 aliphatic carbocycles. The Morgan fingerprint density at radius 3 is 2.39 bits per heavy atom. The summed E-state index contributed by atoms with van der Waals surface area (Å²) in [6.45, 7) is 1.74. The molecule has 0 saturated carbocycles. The van der Waals surface area contributed by atoms with Gasteiger partial charge in [0.1, 0.15) is 10.8 Å². The van der Waals surface area contributed by atoms with E-state index in [2.05, 4.69) is 4.74 Å². The van der Waals surface area contributed by atoms with Crippen LogP contribution >= 0.6 is 11.6 Å². The van der Waals surface area contributed by atoms with Gasteiger partial charge in [-0.2, -0.15) is 0 Å². The lowest BCUT2D eigenvalue weighted by Gasteiger charge is -2.11. The van der Waals surface area contributed by atoms with Crippen LogP contribution in [0, 0.1) is 0 Å². The number of ether oxygens (including phenoxy) is 3. The fourth-order valence-electron chi connectivity index (χ4n) is 1.38. The third kappa shape index (κ3) is 2.73. The molecule has 1 aromatic carbocycles. The molecule has 6 heteroatoms. The second-order valence-electron chi connectivity index (χ2n) is 3.21. The van der Waals surface area contributed by atoms with Gasteiger partial charge in [-0.1, -0.05) is 11.6 Å². The fourth-order valence-corrected chi connectivity index (χ4v) is 1.70. The van der Waals surface area contributed by atoms with E-state index in [4.69, 9.17) is 21.1 Å². The maximum atomic E-state index is 11.8. The summed E-state index contributed by atoms with van der Waals surface area (Å²) < 4.78 is 14.7. The van der Waals surface area contributed by atoms with Crippen molar-refractivity contribution in [2.75, 3.05) is 20.8 Å². The highest BCUT2D eigenvalue weighted by Gasteiger charge is 2.24. The Morgan fingerprint density at radius 2 is 1.89 bits per heavy atom. The molecule has 0 saturated heterocycles. The maximum Gasteiger partial charge on any atom is 0.379 e. The highest BCUT2D eigenvalue weighted by atomic mass is 35.5. The zero-order chi connectivity index (χ0) is 13.7. The number of hydrogen-bond donors (Lipinski definition) is 0. The second-order valence-corrected chi connectivity index (χ2v) is 3.59. The number of ketones is 1. The van der Waals surface area contributed by atoms with E-state index in [9.17, 15) is 9.59 Å². The van der Waals surface area contributed by atoms with Gasteiger partial charge in [0, 0.05) is 0 Å². The lowest BCUT2D eigenvalue weighted by Crippen LogP contribution is -2.18. The molecule has 0 heterocycles. The van der Waals surface area contributed by atoms with Crippen LogP contribution in [0.15, 0.2) is 12.1 Å². The Bertz CT molecular complexity index is 470. The average molecular weight is 273 g/mol. The van der Waals surface area contributed by atoms with Crippen molar-refractivity contribution < 1.29 is 23.8 Å². The summed E-state index contributed by atoms with van der Waals surface area (Å²) in [5.41, 5.74) is 0.0433. The molecule has 0 aromatic heterocycles. The molecule has 0 aliphatic rings. The number of halogens is 1. The molecule has 0 aliphatic heterocycles. The Labute approximate surface area is 110 Å². The van der Waals surface area contributed by atoms with Crippen molar-refractivity contribution in [2.24, 2.45) is 0 Å². The first-order valence-corrected chi connectivity index (χ1v) is 5.56. The van der Waals surface area contributed by atoms with Crippen molar-refractivity contribution in [3.63, 3.8) is 0 Å². The molecule has 0 unspecified atom stereocenters. The van der Waals surface area contributed by atoms with E-state index in [0.29, 0.717) is 5.75 Å². The molecule has 5 nitrogen and oxygen atoms in total. The zero-order valence-electron chi connectivity index (χ0n) is 10.3. The number of Topliss-reactive ketones (excluding diaryl/α,β-unsaturated/α-hetero) is 1. The van der Waals surface area contributed by atoms with Crippen molar-refractivity contribution in [3.8, 4) is 11.5 Å². The third-order valence-corrected chi connectivity index (χ3v) is 2.55. The van der Waals surface area contributed by atoms with Crippen molar-refractivity contribution >= 4 is 23.4 Å². The van der Waals surface area contributed by atoms with Gasteiger partial charge in [-0.05, 0) is 19.1 Å². The summed E-state index contributed by atoms with van der Waals surface area (Å²) in [6, 6.07) is 2.89. The first kappa shape index (κ1) is 14.3. The SMILES string of the molecule is CCOC(=O)C(=O)c1ccc(OC)c(Cl)c1OC. The monoisotopic (exact) mass is 272 g/mol. The number of methoxy groups -OCH3 is 2. The largest absolute Gasteiger partial charge is 0.495 e. The van der Waals surface area contributed by atoms with Gasteiger partial charge in [0.05, 0.1) is 26.4 Å². The van der Waals surface area contributed by atoms with E-state index in [1.165, 1.54) is 26.4 Å². The molecule has 0 atom stereocenters. The third-order valence-electron chi connectivity index (χ3n) is 2.19. The number of rotatable bonds is 5. The van der Waals surface area contributed by atoms with Crippen LogP contribution in [0.3, 0.4) is 0 Å². The first-order valence-electron chi connectivity index (χ1n) is 5.18. The highest BCUT2D eigenvalue weighted by molar-refractivity contribution is 6.42. The predicted octanol–water partition coefficient (Wildman–Crippen LogP) is 2.10. The first-order chi connectivity index (χ1) is 8.56. The topological polar surface area (TPSA) is 61.8 Å². The Kier molecular flexibility index (Phi) is 4.97. The van der Waals surface area contributed by atoms with Crippen LogP contribution in [0.25, 0.3) is 0 Å². The Morgan fingerprint density at radius 1 is 1.22 bits per heavy atom. The van der Waals surface area contributed by atoms with Gasteiger partial charge in [-0.3, -0.25) is 4.79 Å². The van der Waals surface area contributed by atoms with Gasteiger partial charge in [0.2, 0.25) is 0 Å². The van der Waals surface area contributed by atoms with Gasteiger partial charge < -0.3 is 14.2 Å². The second kappa shape index (κ2) is 6.26. The molecule has 1 rings (SSSR count). The maximum absolute atomic E-state index is 11.8. The van der Waals surface area contributed by atoms with Crippen molar-refractivity contribution in [1.29, 1.82) is 0 Å². The standard InChI is InChI=1S/C12H13ClO5/c1-4-18-12(15)10(14)7-5-6-8(16-2)9(13)11(7)17-3/h5-6H,4H2,1-3H3. The lowest BCUT2D eigenvalue weighted by molar-refractivity contribution is -0.137. The summed E-state index contributed by atoms with van der Waals surface area (Å²) >= 11 is 5.99. The molecular weight excluding hydrogens is 260 g/mol. The minimum absolute atomic E-state index is 0.0433. The number of benzene rings is 1. The minimum Gasteiger partial charge on any atom is -0.495 e. The summed E-state index contributed by atoms with van der Waals surface area (Å²) in [7, 11) is 2.79. The van der Waals surface area contributed by atoms with Crippen molar-refractivity contribution in [1.82, 2.24) is 0 Å². The predicted molar refractivity (Wildman–Crippen MR) is 65.5 cm³/mol. The molecule has 0 spiro atoms. The van der Waals surface area contributed by atoms with Gasteiger partial charge in [-0.15, -0.1) is 0 Å². The Hall–Kier alpha value is -1.75. The zero-order valence-corrected chi connectivity index (χ0v) is 11.0. The minimum atomic E-state index is -0.947. The fraction of sp³-hybridized carbons (Fsp3) is 0.333. The van der Waals surface area contributed by atoms with E-state index < -0.39 is 11.8 Å². The summed E-state index contributed by atoms with van der Waals surface area (Å²) in [4.78, 5) is 23.2. The molecule has 0 bridgehead atoms. The van der Waals surface area contributed by atoms with Gasteiger partial charge >= 0.3 is 5.97 Å². The summed E-state index contributed by atoms with van der Waals surface area (Å²) in [5, 5.41) is 0.134. The molecule has 0 N–H and O–H groups in total. The molecule has 18 heavy (non-hydrogen) atoms. The smallest absolute Gasteiger partial charge is 0.379 e. The summed E-state index contributed by atoms with van der Waals surface area (Å²) in [5.74, 6) is -1.31. The van der Waals surface area contributed by atoms with Crippen LogP contribution in [0.2, 0.25) is 5.02 Å². The number of carbonyl (C=O) groups excluding carboxylic acids is 2. The van der Waals surface area contributed by atoms with Crippen molar-refractivity contribution in [3.05, 3.63) is 22.7 Å². The van der Waals surface area contributed by atoms with Crippen LogP contribution < -0.4 is 9.47 Å². The molecule has 0 fully saturated rings. The van der Waals surface area contributed by atoms with E-state index >= 15 is 0 Å². The number of hydrogen-bond acceptors (Lipinski definition) is 5. The van der Waals surface area contributed by atoms with E-state index in [1.807, 2.05) is 0 Å². The quantitative estimate of drug-likeness (QED) is 0.467. The molecular formula is C12H13ClO5. The lowest BCUT2D eigenvalue weighted by atomic mass is 10.1. The number of esters is 1. The van der Waals surface area contributed by atoms with Gasteiger partial charge in [0.25, 0.3) is 5.78 Å². The Balaban J connectivity index is 3.21. The molecule has 0 amide bonds. The van der Waals surface area contributed by atoms with Crippen LogP contribution in [-0.2, 0) is 9.53 Å². The van der Waals surface area contributed by atoms with Gasteiger partial charge in [0.15, 0.2) is 5.75 Å². The number of carbonyl (C=O) groups is 2. The van der Waals surface area contributed by atoms with Crippen LogP contribution in [0.4, 0.5) is 0 Å². The van der Waals surface area contributed by atoms with Crippen molar-refractivity contribution in [2.45, 2.75) is 6.92 Å². The molecule has 1 aromatic rings. The normalized spacial score (nSPS) is 9.78.